The second kappa shape index (κ2) is 38.5. The van der Waals surface area contributed by atoms with Crippen LogP contribution in [0.15, 0.2) is 117 Å². The number of aromatic amines is 2. The lowest BCUT2D eigenvalue weighted by molar-refractivity contribution is 0.153. The summed E-state index contributed by atoms with van der Waals surface area (Å²) in [5.74, 6) is 11.0. The number of H-pyrrole nitrogens is 2. The molecule has 6 N–H and O–H groups in total. The third-order valence-corrected chi connectivity index (χ3v) is 33.4. The van der Waals surface area contributed by atoms with Crippen LogP contribution in [0, 0.1) is 150 Å². The number of anilines is 2. The van der Waals surface area contributed by atoms with Crippen LogP contribution in [0.1, 0.15) is 246 Å². The number of imidazole rings is 6. The second-order valence-electron chi connectivity index (χ2n) is 42.7. The molecule has 0 saturated carbocycles. The molecule has 6 aliphatic carbocycles. The van der Waals surface area contributed by atoms with Crippen LogP contribution in [0.5, 0.6) is 0 Å². The van der Waals surface area contributed by atoms with Crippen LogP contribution in [0.2, 0.25) is 5.15 Å². The molecule has 0 spiro atoms. The molecular weight excluding hydrogens is 1690 g/mol. The van der Waals surface area contributed by atoms with E-state index in [0.29, 0.717) is 155 Å². The highest BCUT2D eigenvalue weighted by atomic mass is 35.5. The zero-order valence-electron chi connectivity index (χ0n) is 83.6. The van der Waals surface area contributed by atoms with Crippen LogP contribution >= 0.6 is 23.8 Å². The molecule has 18 rings (SSSR count). The van der Waals surface area contributed by atoms with E-state index in [0.717, 1.165) is 77.8 Å². The Labute approximate surface area is 788 Å². The van der Waals surface area contributed by atoms with Crippen molar-refractivity contribution >= 4 is 137 Å². The lowest BCUT2D eigenvalue weighted by Gasteiger charge is -2.41. The highest BCUT2D eigenvalue weighted by Gasteiger charge is 2.53. The topological polar surface area (TPSA) is 337 Å². The van der Waals surface area contributed by atoms with Gasteiger partial charge in [0.05, 0.1) is 18.9 Å². The van der Waals surface area contributed by atoms with Crippen LogP contribution in [0.25, 0.3) is 101 Å². The van der Waals surface area contributed by atoms with Gasteiger partial charge < -0.3 is 21.4 Å². The molecule has 6 unspecified atom stereocenters. The standard InChI is InChI=1S/C17H23ClN4.C17H24FN5.C17H25N5.C17H24N4O.C17H24N4S.C17H24N4/c1-10(2)12-6-7-13(17(12,5)11(3)4)22-9-21-14-15(18)19-8-20-16(14)22;1-9(2)11-6-7-12(17(11,5)10(3)4)23-8-20-13-14(19)21-16(18)22-15(13)23;1-10(2)12-6-7-13(17(12,5)11(3)4)22-9-21-14-15(18)19-8-20-16(14)22;2*1-10(2)12-6-7-13(17(12,5)11(3)4)21-9-20-14-15(21)18-8-19-16(14)22;1-11(2)13-6-7-15(17(13,5)12(3)4)21-10-20-14-8-18-9-19-16(14)21/h7-12H,6H2,1-5H3;7-11H,6H2,1-5H3,(H2,19,21,22);7-12H,6H2,1-5H3,(H2,18,19,20);2*7-12H,6H2,1-5H3,(H,18,19,22);7-13H,6H2,1-5H3/t12?,17-;11?,17-;3*12?,17-;13?,17-/m000000/s1. The first-order chi connectivity index (χ1) is 62.2. The van der Waals surface area contributed by atoms with Gasteiger partial charge in [-0.25, -0.2) is 69.8 Å². The van der Waals surface area contributed by atoms with E-state index in [9.17, 15) is 9.18 Å². The molecule has 27 nitrogen and oxygen atoms in total. The normalized spacial score (nSPS) is 25.4. The fraction of sp³-hybridized carbons (Fsp3) is 0.588. The zero-order chi connectivity index (χ0) is 96.4. The van der Waals surface area contributed by atoms with Gasteiger partial charge in [-0.3, -0.25) is 32.2 Å². The zero-order valence-corrected chi connectivity index (χ0v) is 85.2. The average molecular weight is 1840 g/mol. The van der Waals surface area contributed by atoms with Crippen LogP contribution in [-0.4, -0.2) is 117 Å². The number of fused-ring (bicyclic) bond motifs is 6. The molecule has 12 heterocycles. The Morgan fingerprint density at radius 2 is 0.667 bits per heavy atom. The highest BCUT2D eigenvalue weighted by molar-refractivity contribution is 7.71. The molecular formula is C102H144ClFN26OS. The maximum absolute atomic E-state index is 13.6. The van der Waals surface area contributed by atoms with Crippen LogP contribution in [-0.2, 0) is 0 Å². The summed E-state index contributed by atoms with van der Waals surface area (Å²) in [6, 6.07) is 0. The molecule has 12 aromatic rings. The molecule has 0 fully saturated rings. The summed E-state index contributed by atoms with van der Waals surface area (Å²) in [6.07, 6.45) is 40.1. The van der Waals surface area contributed by atoms with E-state index in [1.54, 1.807) is 31.5 Å². The molecule has 0 amide bonds. The molecule has 0 aromatic carbocycles. The molecule has 0 aliphatic heterocycles. The summed E-state index contributed by atoms with van der Waals surface area (Å²) in [6.45, 7) is 69.3. The van der Waals surface area contributed by atoms with Crippen molar-refractivity contribution in [3.63, 3.8) is 0 Å². The SMILES string of the molecule is CC(C)C1CC=C(n2cnc3c(=O)[nH]cnc32)[C@@]1(C)C(C)C.CC(C)C1CC=C(n2cnc3c(=S)nc[nH]c32)[C@@]1(C)C(C)C.CC(C)C1CC=C(n2cnc3c(Cl)ncnc32)[C@@]1(C)C(C)C.CC(C)C1CC=C(n2cnc3c(N)nc(F)nc32)[C@@]1(C)C(C)C.CC(C)C1CC=C(n2cnc3c(N)ncnc32)[C@@]1(C)C(C)C.CC(C)C1CC=C(n2cnc3cncnc32)[C@@]1(C)C(C)C. The number of rotatable bonds is 18. The van der Waals surface area contributed by atoms with Gasteiger partial charge in [-0.1, -0.05) is 268 Å². The maximum Gasteiger partial charge on any atom is 0.312 e. The average Bonchev–Trinajstić information content (AvgIpc) is 1.61. The van der Waals surface area contributed by atoms with Crippen molar-refractivity contribution in [2.45, 2.75) is 246 Å². The summed E-state index contributed by atoms with van der Waals surface area (Å²) in [5.41, 5.74) is 28.0. The Morgan fingerprint density at radius 3 is 1.07 bits per heavy atom. The number of aromatic nitrogens is 24. The first-order valence-electron chi connectivity index (χ1n) is 47.8. The van der Waals surface area contributed by atoms with Crippen molar-refractivity contribution in [2.75, 3.05) is 11.5 Å². The van der Waals surface area contributed by atoms with Crippen molar-refractivity contribution < 1.29 is 4.39 Å². The number of hydrogen-bond acceptors (Lipinski definition) is 20. The predicted molar refractivity (Wildman–Crippen MR) is 537 cm³/mol. The summed E-state index contributed by atoms with van der Waals surface area (Å²) in [5, 5.41) is 0.411. The molecule has 0 bridgehead atoms. The van der Waals surface area contributed by atoms with Gasteiger partial charge in [-0.2, -0.15) is 14.4 Å². The van der Waals surface area contributed by atoms with Crippen molar-refractivity contribution in [1.82, 2.24) is 117 Å². The monoisotopic (exact) mass is 1840 g/mol. The fourth-order valence-corrected chi connectivity index (χ4v) is 24.1. The number of allylic oxidation sites excluding steroid dienone is 12. The summed E-state index contributed by atoms with van der Waals surface area (Å²) in [4.78, 5) is 85.4. The van der Waals surface area contributed by atoms with E-state index in [4.69, 9.17) is 35.3 Å². The molecule has 12 aromatic heterocycles. The van der Waals surface area contributed by atoms with E-state index in [1.807, 2.05) is 34.4 Å². The van der Waals surface area contributed by atoms with Crippen LogP contribution in [0.4, 0.5) is 16.0 Å². The molecule has 12 atom stereocenters. The van der Waals surface area contributed by atoms with Gasteiger partial charge >= 0.3 is 6.08 Å². The summed E-state index contributed by atoms with van der Waals surface area (Å²) in [7, 11) is 0. The minimum absolute atomic E-state index is 0.0298. The fourth-order valence-electron chi connectivity index (χ4n) is 23.7. The summed E-state index contributed by atoms with van der Waals surface area (Å²) < 4.78 is 26.6. The van der Waals surface area contributed by atoms with E-state index >= 15 is 0 Å². The van der Waals surface area contributed by atoms with Gasteiger partial charge in [0.2, 0.25) is 0 Å². The smallest absolute Gasteiger partial charge is 0.312 e. The third-order valence-electron chi connectivity index (χ3n) is 32.9. The Bertz CT molecular complexity index is 6230. The van der Waals surface area contributed by atoms with Crippen molar-refractivity contribution in [3.8, 4) is 0 Å². The van der Waals surface area contributed by atoms with E-state index in [2.05, 4.69) is 352 Å². The van der Waals surface area contributed by atoms with Gasteiger partial charge in [0.15, 0.2) is 66.2 Å². The third kappa shape index (κ3) is 17.2. The first kappa shape index (κ1) is 99.1. The Kier molecular flexibility index (Phi) is 28.9. The predicted octanol–water partition coefficient (Wildman–Crippen LogP) is 23.9. The first-order valence-corrected chi connectivity index (χ1v) is 48.6. The van der Waals surface area contributed by atoms with E-state index < -0.39 is 6.08 Å². The van der Waals surface area contributed by atoms with Gasteiger partial charge in [0.1, 0.15) is 79.1 Å². The molecule has 30 heteroatoms. The minimum Gasteiger partial charge on any atom is -0.382 e. The number of nitrogens with one attached hydrogen (secondary N) is 2. The van der Waals surface area contributed by atoms with E-state index in [1.165, 1.54) is 47.5 Å². The Balaban J connectivity index is 0.000000135. The minimum atomic E-state index is -0.818. The maximum atomic E-state index is 13.6. The number of nitrogen functional groups attached to an aromatic ring is 2. The molecule has 6 aliphatic rings. The quantitative estimate of drug-likeness (QED) is 0.0352. The number of nitrogens with two attached hydrogens (primary N) is 2. The Morgan fingerprint density at radius 1 is 0.356 bits per heavy atom. The van der Waals surface area contributed by atoms with Gasteiger partial charge in [-0.05, 0) is 145 Å². The molecule has 0 saturated heterocycles. The lowest BCUT2D eigenvalue weighted by atomic mass is 9.66. The molecule has 0 radical (unpaired) electrons. The van der Waals surface area contributed by atoms with Crippen LogP contribution < -0.4 is 17.0 Å². The van der Waals surface area contributed by atoms with Crippen molar-refractivity contribution in [3.05, 3.63) is 138 Å². The van der Waals surface area contributed by atoms with Crippen molar-refractivity contribution in [2.24, 2.45) is 139 Å². The largest absolute Gasteiger partial charge is 0.382 e. The highest BCUT2D eigenvalue weighted by Crippen LogP contribution is 2.61. The second-order valence-corrected chi connectivity index (χ2v) is 43.5. The van der Waals surface area contributed by atoms with Gasteiger partial charge in [0, 0.05) is 66.7 Å². The van der Waals surface area contributed by atoms with Crippen molar-refractivity contribution in [1.29, 1.82) is 0 Å². The number of halogens is 2. The molecule has 132 heavy (non-hydrogen) atoms. The summed E-state index contributed by atoms with van der Waals surface area (Å²) >= 11 is 11.4. The van der Waals surface area contributed by atoms with E-state index in [-0.39, 0.29) is 43.9 Å². The lowest BCUT2D eigenvalue weighted by Crippen LogP contribution is -2.35. The van der Waals surface area contributed by atoms with Crippen LogP contribution in [0.3, 0.4) is 0 Å². The number of hydrogen-bond donors (Lipinski definition) is 4. The van der Waals surface area contributed by atoms with Gasteiger partial charge in [-0.15, -0.1) is 0 Å². The molecule has 708 valence electrons. The van der Waals surface area contributed by atoms with Gasteiger partial charge in [0.25, 0.3) is 5.56 Å². The Hall–Kier alpha value is -10.4. The number of nitrogens with zero attached hydrogens (tertiary/aromatic N) is 22.